The van der Waals surface area contributed by atoms with Gasteiger partial charge in [0.15, 0.2) is 0 Å². The van der Waals surface area contributed by atoms with Gasteiger partial charge < -0.3 is 9.30 Å². The molecule has 0 spiro atoms. The number of nitro groups is 1. The van der Waals surface area contributed by atoms with Gasteiger partial charge in [0.2, 0.25) is 18.0 Å². The highest BCUT2D eigenvalue weighted by Gasteiger charge is 2.33. The topological polar surface area (TPSA) is 90.0 Å². The van der Waals surface area contributed by atoms with Crippen molar-refractivity contribution in [2.24, 2.45) is 5.10 Å². The molecule has 0 N–H and O–H groups in total. The highest BCUT2D eigenvalue weighted by atomic mass is 16.6. The molecule has 8 nitrogen and oxygen atoms in total. The van der Waals surface area contributed by atoms with Crippen LogP contribution in [0.25, 0.3) is 21.8 Å². The summed E-state index contributed by atoms with van der Waals surface area (Å²) in [5, 5.41) is 18.8. The standard InChI is InChI=1S/C24H20N4O4/c1-3-26-21-7-5-4-6-19(21)20-14-17(10-13-22(20)26)24-27(15(2)29)25-23(32-24)16-8-11-18(12-9-16)28(30)31/h4-14,24H,3H2,1-2H3/t24-/m1/s1. The van der Waals surface area contributed by atoms with Crippen LogP contribution >= 0.6 is 0 Å². The van der Waals surface area contributed by atoms with Crippen molar-refractivity contribution in [1.82, 2.24) is 9.58 Å². The molecule has 1 atom stereocenters. The number of ether oxygens (including phenoxy) is 1. The predicted molar refractivity (Wildman–Crippen MR) is 121 cm³/mol. The van der Waals surface area contributed by atoms with E-state index in [1.807, 2.05) is 30.3 Å². The van der Waals surface area contributed by atoms with Crippen molar-refractivity contribution in [2.45, 2.75) is 26.6 Å². The van der Waals surface area contributed by atoms with Crippen molar-refractivity contribution < 1.29 is 14.5 Å². The Morgan fingerprint density at radius 3 is 2.47 bits per heavy atom. The molecule has 1 aliphatic rings. The average Bonchev–Trinajstić information content (AvgIpc) is 3.39. The van der Waals surface area contributed by atoms with Crippen molar-refractivity contribution in [1.29, 1.82) is 0 Å². The quantitative estimate of drug-likeness (QED) is 0.339. The van der Waals surface area contributed by atoms with E-state index in [4.69, 9.17) is 4.74 Å². The molecule has 4 aromatic rings. The number of amides is 1. The van der Waals surface area contributed by atoms with Crippen LogP contribution in [0, 0.1) is 10.1 Å². The van der Waals surface area contributed by atoms with Gasteiger partial charge in [0.25, 0.3) is 5.69 Å². The van der Waals surface area contributed by atoms with Crippen molar-refractivity contribution in [3.05, 3.63) is 88.0 Å². The molecule has 160 valence electrons. The maximum atomic E-state index is 12.3. The summed E-state index contributed by atoms with van der Waals surface area (Å²) in [5.41, 5.74) is 3.60. The van der Waals surface area contributed by atoms with Crippen LogP contribution in [-0.2, 0) is 16.1 Å². The monoisotopic (exact) mass is 428 g/mol. The van der Waals surface area contributed by atoms with Crippen LogP contribution in [0.15, 0.2) is 71.8 Å². The van der Waals surface area contributed by atoms with E-state index in [0.29, 0.717) is 5.56 Å². The Labute approximate surface area is 183 Å². The number of rotatable bonds is 4. The van der Waals surface area contributed by atoms with Gasteiger partial charge in [-0.1, -0.05) is 24.3 Å². The molecule has 0 radical (unpaired) electrons. The van der Waals surface area contributed by atoms with Gasteiger partial charge in [0.05, 0.1) is 4.92 Å². The molecule has 2 heterocycles. The number of hydrogen-bond acceptors (Lipinski definition) is 5. The zero-order valence-corrected chi connectivity index (χ0v) is 17.6. The number of aryl methyl sites for hydroxylation is 1. The van der Waals surface area contributed by atoms with Crippen LogP contribution in [-0.4, -0.2) is 26.3 Å². The number of non-ortho nitro benzene ring substituents is 1. The fraction of sp³-hybridized carbons (Fsp3) is 0.167. The van der Waals surface area contributed by atoms with E-state index in [1.54, 1.807) is 12.1 Å². The molecule has 0 aliphatic carbocycles. The van der Waals surface area contributed by atoms with Crippen molar-refractivity contribution in [3.63, 3.8) is 0 Å². The van der Waals surface area contributed by atoms with Gasteiger partial charge in [-0.3, -0.25) is 14.9 Å². The van der Waals surface area contributed by atoms with Crippen molar-refractivity contribution in [3.8, 4) is 0 Å². The van der Waals surface area contributed by atoms with E-state index in [9.17, 15) is 14.9 Å². The van der Waals surface area contributed by atoms with Gasteiger partial charge in [-0.2, -0.15) is 5.01 Å². The lowest BCUT2D eigenvalue weighted by molar-refractivity contribution is -0.384. The van der Waals surface area contributed by atoms with Crippen molar-refractivity contribution >= 4 is 39.3 Å². The summed E-state index contributed by atoms with van der Waals surface area (Å²) < 4.78 is 8.34. The third kappa shape index (κ3) is 3.08. The molecule has 8 heteroatoms. The number of hydrazone groups is 1. The smallest absolute Gasteiger partial charge is 0.269 e. The number of fused-ring (bicyclic) bond motifs is 3. The third-order valence-electron chi connectivity index (χ3n) is 5.69. The maximum Gasteiger partial charge on any atom is 0.269 e. The van der Waals surface area contributed by atoms with Crippen LogP contribution in [0.4, 0.5) is 5.69 Å². The minimum Gasteiger partial charge on any atom is -0.446 e. The second-order valence-corrected chi connectivity index (χ2v) is 7.58. The van der Waals surface area contributed by atoms with Crippen LogP contribution in [0.5, 0.6) is 0 Å². The molecule has 1 amide bonds. The SMILES string of the molecule is CCn1c2ccccc2c2cc([C@H]3OC(c4ccc([N+](=O)[O-])cc4)=NN3C(C)=O)ccc21. The molecule has 1 aromatic heterocycles. The van der Waals surface area contributed by atoms with E-state index in [2.05, 4.69) is 28.7 Å². The van der Waals surface area contributed by atoms with Crippen LogP contribution in [0.3, 0.4) is 0 Å². The molecular formula is C24H20N4O4. The molecule has 3 aromatic carbocycles. The molecule has 5 rings (SSSR count). The summed E-state index contributed by atoms with van der Waals surface area (Å²) in [6.07, 6.45) is -0.717. The molecule has 0 bridgehead atoms. The van der Waals surface area contributed by atoms with Crippen LogP contribution in [0.1, 0.15) is 31.2 Å². The first-order valence-corrected chi connectivity index (χ1v) is 10.3. The summed E-state index contributed by atoms with van der Waals surface area (Å²) in [6, 6.07) is 20.2. The zero-order chi connectivity index (χ0) is 22.4. The van der Waals surface area contributed by atoms with Crippen LogP contribution in [0.2, 0.25) is 0 Å². The minimum atomic E-state index is -0.717. The Hall–Kier alpha value is -4.20. The molecule has 0 unspecified atom stereocenters. The van der Waals surface area contributed by atoms with E-state index in [1.165, 1.54) is 24.1 Å². The summed E-state index contributed by atoms with van der Waals surface area (Å²) in [7, 11) is 0. The molecule has 1 aliphatic heterocycles. The largest absolute Gasteiger partial charge is 0.446 e. The Morgan fingerprint density at radius 2 is 1.78 bits per heavy atom. The van der Waals surface area contributed by atoms with Crippen LogP contribution < -0.4 is 0 Å². The first-order valence-electron chi connectivity index (χ1n) is 10.3. The van der Waals surface area contributed by atoms with E-state index >= 15 is 0 Å². The number of carbonyl (C=O) groups is 1. The molecule has 0 fully saturated rings. The number of carbonyl (C=O) groups excluding carboxylic acids is 1. The van der Waals surface area contributed by atoms with Gasteiger partial charge in [-0.25, -0.2) is 0 Å². The highest BCUT2D eigenvalue weighted by Crippen LogP contribution is 2.35. The Bertz CT molecular complexity index is 1410. The molecule has 0 saturated carbocycles. The lowest BCUT2D eigenvalue weighted by atomic mass is 10.1. The van der Waals surface area contributed by atoms with E-state index in [0.717, 1.165) is 33.9 Å². The number of nitro benzene ring substituents is 1. The third-order valence-corrected chi connectivity index (χ3v) is 5.69. The minimum absolute atomic E-state index is 0.0231. The first kappa shape index (κ1) is 19.7. The van der Waals surface area contributed by atoms with Crippen molar-refractivity contribution in [2.75, 3.05) is 0 Å². The maximum absolute atomic E-state index is 12.3. The Morgan fingerprint density at radius 1 is 1.06 bits per heavy atom. The summed E-state index contributed by atoms with van der Waals surface area (Å²) in [6.45, 7) is 4.39. The van der Waals surface area contributed by atoms with E-state index < -0.39 is 11.2 Å². The molecule has 0 saturated heterocycles. The number of hydrogen-bond donors (Lipinski definition) is 0. The van der Waals surface area contributed by atoms with E-state index in [-0.39, 0.29) is 17.5 Å². The first-order chi connectivity index (χ1) is 15.5. The predicted octanol–water partition coefficient (Wildman–Crippen LogP) is 4.96. The molecule has 32 heavy (non-hydrogen) atoms. The summed E-state index contributed by atoms with van der Waals surface area (Å²) in [4.78, 5) is 22.8. The number of para-hydroxylation sites is 1. The van der Waals surface area contributed by atoms with Gasteiger partial charge in [0.1, 0.15) is 0 Å². The fourth-order valence-corrected chi connectivity index (χ4v) is 4.19. The fourth-order valence-electron chi connectivity index (χ4n) is 4.19. The number of aromatic nitrogens is 1. The van der Waals surface area contributed by atoms with Gasteiger partial charge in [-0.05, 0) is 37.3 Å². The normalized spacial score (nSPS) is 15.8. The Balaban J connectivity index is 1.56. The number of benzene rings is 3. The Kier molecular flexibility index (Phi) is 4.62. The zero-order valence-electron chi connectivity index (χ0n) is 17.6. The van der Waals surface area contributed by atoms with Gasteiger partial charge in [0, 0.05) is 58.5 Å². The van der Waals surface area contributed by atoms with Gasteiger partial charge >= 0.3 is 0 Å². The lowest BCUT2D eigenvalue weighted by Crippen LogP contribution is -2.25. The summed E-state index contributed by atoms with van der Waals surface area (Å²) in [5.74, 6) is -0.0147. The summed E-state index contributed by atoms with van der Waals surface area (Å²) >= 11 is 0. The molecular weight excluding hydrogens is 408 g/mol. The average molecular weight is 428 g/mol. The van der Waals surface area contributed by atoms with Gasteiger partial charge in [-0.15, -0.1) is 5.10 Å². The highest BCUT2D eigenvalue weighted by molar-refractivity contribution is 6.08. The lowest BCUT2D eigenvalue weighted by Gasteiger charge is -2.19. The second kappa shape index (κ2) is 7.49. The second-order valence-electron chi connectivity index (χ2n) is 7.58. The number of nitrogens with zero attached hydrogens (tertiary/aromatic N) is 4.